The summed E-state index contributed by atoms with van der Waals surface area (Å²) >= 11 is 0. The van der Waals surface area contributed by atoms with Gasteiger partial charge in [0.25, 0.3) is 0 Å². The van der Waals surface area contributed by atoms with Crippen LogP contribution < -0.4 is 5.32 Å². The van der Waals surface area contributed by atoms with E-state index in [2.05, 4.69) is 49.5 Å². The van der Waals surface area contributed by atoms with Gasteiger partial charge >= 0.3 is 0 Å². The smallest absolute Gasteiger partial charge is 0.225 e. The summed E-state index contributed by atoms with van der Waals surface area (Å²) in [4.78, 5) is 14.1. The summed E-state index contributed by atoms with van der Waals surface area (Å²) in [5, 5.41) is 3.74. The Kier molecular flexibility index (Phi) is 5.40. The van der Waals surface area contributed by atoms with Gasteiger partial charge in [-0.05, 0) is 24.8 Å². The molecule has 0 radical (unpaired) electrons. The van der Waals surface area contributed by atoms with Crippen molar-refractivity contribution in [2.75, 3.05) is 13.1 Å². The molecule has 3 heteroatoms. The van der Waals surface area contributed by atoms with Crippen molar-refractivity contribution < 1.29 is 4.79 Å². The Morgan fingerprint density at radius 2 is 1.90 bits per heavy atom. The minimum atomic E-state index is 0.102. The van der Waals surface area contributed by atoms with Crippen molar-refractivity contribution in [1.82, 2.24) is 10.2 Å². The van der Waals surface area contributed by atoms with Crippen molar-refractivity contribution in [1.29, 1.82) is 0 Å². The van der Waals surface area contributed by atoms with Crippen LogP contribution in [-0.2, 0) is 4.79 Å². The fraction of sp³-hybridized carbons (Fsp3) is 0.611. The number of amides is 1. The largest absolute Gasteiger partial charge is 0.342 e. The Morgan fingerprint density at radius 3 is 2.48 bits per heavy atom. The highest BCUT2D eigenvalue weighted by Gasteiger charge is 2.30. The lowest BCUT2D eigenvalue weighted by Gasteiger charge is -2.39. The van der Waals surface area contributed by atoms with Gasteiger partial charge in [-0.3, -0.25) is 4.79 Å². The van der Waals surface area contributed by atoms with Crippen LogP contribution in [0.3, 0.4) is 0 Å². The molecule has 3 atom stereocenters. The van der Waals surface area contributed by atoms with Gasteiger partial charge in [0, 0.05) is 31.1 Å². The van der Waals surface area contributed by atoms with Crippen molar-refractivity contribution in [3.05, 3.63) is 35.9 Å². The lowest BCUT2D eigenvalue weighted by Crippen LogP contribution is -2.51. The molecule has 1 heterocycles. The van der Waals surface area contributed by atoms with Gasteiger partial charge in [0.05, 0.1) is 0 Å². The monoisotopic (exact) mass is 288 g/mol. The molecule has 3 nitrogen and oxygen atoms in total. The molecule has 1 fully saturated rings. The van der Waals surface area contributed by atoms with E-state index in [1.165, 1.54) is 5.56 Å². The molecule has 116 valence electrons. The predicted molar refractivity (Wildman–Crippen MR) is 87.0 cm³/mol. The Morgan fingerprint density at radius 1 is 1.24 bits per heavy atom. The van der Waals surface area contributed by atoms with Gasteiger partial charge < -0.3 is 10.2 Å². The van der Waals surface area contributed by atoms with Crippen molar-refractivity contribution in [2.45, 2.75) is 46.2 Å². The number of benzene rings is 1. The van der Waals surface area contributed by atoms with Gasteiger partial charge in [-0.25, -0.2) is 0 Å². The Bertz CT molecular complexity index is 458. The first-order valence-corrected chi connectivity index (χ1v) is 8.08. The molecular formula is C18H28N2O. The van der Waals surface area contributed by atoms with E-state index in [4.69, 9.17) is 0 Å². The van der Waals surface area contributed by atoms with Gasteiger partial charge in [-0.1, -0.05) is 51.1 Å². The normalized spacial score (nSPS) is 24.1. The summed E-state index contributed by atoms with van der Waals surface area (Å²) in [6.45, 7) is 10.2. The summed E-state index contributed by atoms with van der Waals surface area (Å²) in [5.41, 5.74) is 1.32. The highest BCUT2D eigenvalue weighted by molar-refractivity contribution is 5.78. The van der Waals surface area contributed by atoms with E-state index in [9.17, 15) is 4.79 Å². The number of hydrogen-bond acceptors (Lipinski definition) is 2. The quantitative estimate of drug-likeness (QED) is 0.922. The molecular weight excluding hydrogens is 260 g/mol. The zero-order valence-corrected chi connectivity index (χ0v) is 13.7. The fourth-order valence-electron chi connectivity index (χ4n) is 3.12. The molecule has 0 bridgehead atoms. The molecule has 2 rings (SSSR count). The van der Waals surface area contributed by atoms with Gasteiger partial charge in [-0.15, -0.1) is 0 Å². The topological polar surface area (TPSA) is 32.3 Å². The summed E-state index contributed by atoms with van der Waals surface area (Å²) in [7, 11) is 0. The molecule has 1 saturated heterocycles. The lowest BCUT2D eigenvalue weighted by atomic mass is 9.91. The van der Waals surface area contributed by atoms with Crippen LogP contribution in [0.1, 0.15) is 45.7 Å². The predicted octanol–water partition coefficient (Wildman–Crippen LogP) is 3.23. The third-order valence-corrected chi connectivity index (χ3v) is 4.47. The first kappa shape index (κ1) is 16.0. The Balaban J connectivity index is 1.91. The van der Waals surface area contributed by atoms with E-state index >= 15 is 0 Å². The maximum atomic E-state index is 12.1. The van der Waals surface area contributed by atoms with E-state index in [1.54, 1.807) is 0 Å². The van der Waals surface area contributed by atoms with Gasteiger partial charge in [0.15, 0.2) is 0 Å². The number of hydrogen-bond donors (Lipinski definition) is 1. The average molecular weight is 288 g/mol. The standard InChI is InChI=1S/C18H28N2O/c1-13(2)18(21)20-11-10-17(14(3)12-20)19-15(4)16-8-6-5-7-9-16/h5-9,13-15,17,19H,10-12H2,1-4H3/t14-,15-,17-/m0/s1. The van der Waals surface area contributed by atoms with Crippen molar-refractivity contribution in [3.8, 4) is 0 Å². The molecule has 21 heavy (non-hydrogen) atoms. The second-order valence-corrected chi connectivity index (χ2v) is 6.61. The minimum absolute atomic E-state index is 0.102. The fourth-order valence-corrected chi connectivity index (χ4v) is 3.12. The minimum Gasteiger partial charge on any atom is -0.342 e. The molecule has 0 unspecified atom stereocenters. The average Bonchev–Trinajstić information content (AvgIpc) is 2.49. The van der Waals surface area contributed by atoms with Crippen molar-refractivity contribution in [2.24, 2.45) is 11.8 Å². The number of nitrogens with one attached hydrogen (secondary N) is 1. The van der Waals surface area contributed by atoms with E-state index in [0.29, 0.717) is 18.0 Å². The van der Waals surface area contributed by atoms with E-state index < -0.39 is 0 Å². The van der Waals surface area contributed by atoms with E-state index in [0.717, 1.165) is 19.5 Å². The third-order valence-electron chi connectivity index (χ3n) is 4.47. The summed E-state index contributed by atoms with van der Waals surface area (Å²) in [5.74, 6) is 0.883. The molecule has 1 N–H and O–H groups in total. The number of piperidine rings is 1. The molecule has 0 aromatic heterocycles. The molecule has 0 saturated carbocycles. The Labute approximate surface area is 128 Å². The molecule has 1 aromatic carbocycles. The van der Waals surface area contributed by atoms with Gasteiger partial charge in [-0.2, -0.15) is 0 Å². The van der Waals surface area contributed by atoms with Crippen LogP contribution in [0.2, 0.25) is 0 Å². The SMILES string of the molecule is CC(C)C(=O)N1CC[C@H](N[C@@H](C)c2ccccc2)[C@@H](C)C1. The van der Waals surface area contributed by atoms with Crippen LogP contribution in [0, 0.1) is 11.8 Å². The molecule has 1 amide bonds. The highest BCUT2D eigenvalue weighted by atomic mass is 16.2. The number of carbonyl (C=O) groups is 1. The third kappa shape index (κ3) is 4.07. The first-order valence-electron chi connectivity index (χ1n) is 8.08. The number of nitrogens with zero attached hydrogens (tertiary/aromatic N) is 1. The maximum absolute atomic E-state index is 12.1. The zero-order valence-electron chi connectivity index (χ0n) is 13.7. The summed E-state index contributed by atoms with van der Waals surface area (Å²) in [6, 6.07) is 11.4. The van der Waals surface area contributed by atoms with E-state index in [1.807, 2.05) is 18.7 Å². The summed E-state index contributed by atoms with van der Waals surface area (Å²) in [6.07, 6.45) is 1.04. The number of carbonyl (C=O) groups excluding carboxylic acids is 1. The van der Waals surface area contributed by atoms with Crippen LogP contribution in [0.4, 0.5) is 0 Å². The zero-order chi connectivity index (χ0) is 15.4. The lowest BCUT2D eigenvalue weighted by molar-refractivity contribution is -0.136. The second kappa shape index (κ2) is 7.08. The Hall–Kier alpha value is -1.35. The van der Waals surface area contributed by atoms with Gasteiger partial charge in [0.1, 0.15) is 0 Å². The van der Waals surface area contributed by atoms with Crippen LogP contribution in [0.15, 0.2) is 30.3 Å². The van der Waals surface area contributed by atoms with Crippen LogP contribution in [0.5, 0.6) is 0 Å². The van der Waals surface area contributed by atoms with Crippen molar-refractivity contribution >= 4 is 5.91 Å². The second-order valence-electron chi connectivity index (χ2n) is 6.61. The van der Waals surface area contributed by atoms with Crippen LogP contribution >= 0.6 is 0 Å². The first-order chi connectivity index (χ1) is 9.99. The highest BCUT2D eigenvalue weighted by Crippen LogP contribution is 2.22. The van der Waals surface area contributed by atoms with Crippen molar-refractivity contribution in [3.63, 3.8) is 0 Å². The van der Waals surface area contributed by atoms with Crippen LogP contribution in [0.25, 0.3) is 0 Å². The molecule has 1 aliphatic rings. The molecule has 1 aromatic rings. The van der Waals surface area contributed by atoms with E-state index in [-0.39, 0.29) is 11.8 Å². The molecule has 1 aliphatic heterocycles. The molecule has 0 aliphatic carbocycles. The molecule has 0 spiro atoms. The number of rotatable bonds is 4. The van der Waals surface area contributed by atoms with Crippen LogP contribution in [-0.4, -0.2) is 29.9 Å². The number of likely N-dealkylation sites (tertiary alicyclic amines) is 1. The van der Waals surface area contributed by atoms with Gasteiger partial charge in [0.2, 0.25) is 5.91 Å². The maximum Gasteiger partial charge on any atom is 0.225 e. The summed E-state index contributed by atoms with van der Waals surface area (Å²) < 4.78 is 0.